The summed E-state index contributed by atoms with van der Waals surface area (Å²) in [6.45, 7) is 3.52. The second-order valence-electron chi connectivity index (χ2n) is 7.24. The van der Waals surface area contributed by atoms with Crippen LogP contribution in [0.15, 0.2) is 53.4 Å². The van der Waals surface area contributed by atoms with E-state index < -0.39 is 10.0 Å². The molecule has 0 radical (unpaired) electrons. The molecule has 1 aromatic heterocycles. The number of hydrogen-bond acceptors (Lipinski definition) is 5. The topological polar surface area (TPSA) is 101 Å². The molecule has 32 heavy (non-hydrogen) atoms. The first-order valence-electron chi connectivity index (χ1n) is 9.81. The summed E-state index contributed by atoms with van der Waals surface area (Å²) in [5, 5.41) is 3.91. The molecule has 0 aliphatic carbocycles. The van der Waals surface area contributed by atoms with Gasteiger partial charge in [-0.3, -0.25) is 4.79 Å². The lowest BCUT2D eigenvalue weighted by Gasteiger charge is -2.10. The number of rotatable bonds is 8. The average Bonchev–Trinajstić information content (AvgIpc) is 2.69. The predicted molar refractivity (Wildman–Crippen MR) is 127 cm³/mol. The van der Waals surface area contributed by atoms with Crippen LogP contribution in [0.3, 0.4) is 0 Å². The second-order valence-corrected chi connectivity index (χ2v) is 9.77. The molecule has 3 aromatic rings. The van der Waals surface area contributed by atoms with E-state index in [0.29, 0.717) is 46.4 Å². The lowest BCUT2D eigenvalue weighted by Crippen LogP contribution is -2.16. The third-order valence-electron chi connectivity index (χ3n) is 4.52. The fraction of sp³-hybridized carbons (Fsp3) is 0.227. The van der Waals surface area contributed by atoms with E-state index in [9.17, 15) is 13.2 Å². The van der Waals surface area contributed by atoms with Gasteiger partial charge in [0, 0.05) is 33.5 Å². The van der Waals surface area contributed by atoms with Crippen LogP contribution in [-0.4, -0.2) is 24.3 Å². The minimum absolute atomic E-state index is 0.0145. The molecule has 0 bridgehead atoms. The molecular formula is C22H22Cl2N4O3S. The number of carbonyl (C=O) groups excluding carboxylic acids is 1. The Labute approximate surface area is 197 Å². The van der Waals surface area contributed by atoms with Crippen molar-refractivity contribution < 1.29 is 13.2 Å². The zero-order valence-electron chi connectivity index (χ0n) is 17.5. The fourth-order valence-electron chi connectivity index (χ4n) is 3.06. The summed E-state index contributed by atoms with van der Waals surface area (Å²) < 4.78 is 27.5. The number of aryl methyl sites for hydroxylation is 3. The molecule has 168 valence electrons. The number of benzene rings is 2. The number of halogens is 2. The van der Waals surface area contributed by atoms with Gasteiger partial charge in [0.2, 0.25) is 11.9 Å². The molecule has 2 aromatic carbocycles. The number of carbonyl (C=O) groups is 1. The second kappa shape index (κ2) is 10.3. The maximum absolute atomic E-state index is 12.6. The van der Waals surface area contributed by atoms with Crippen molar-refractivity contribution >= 4 is 50.8 Å². The molecule has 0 saturated heterocycles. The Morgan fingerprint density at radius 1 is 0.969 bits per heavy atom. The molecule has 10 heteroatoms. The molecule has 0 aliphatic heterocycles. The van der Waals surface area contributed by atoms with Crippen molar-refractivity contribution in [2.45, 2.75) is 38.0 Å². The Kier molecular flexibility index (Phi) is 7.71. The van der Waals surface area contributed by atoms with Crippen molar-refractivity contribution in [3.8, 4) is 0 Å². The number of amides is 1. The van der Waals surface area contributed by atoms with Crippen LogP contribution in [0, 0.1) is 13.8 Å². The molecule has 3 rings (SSSR count). The smallest absolute Gasteiger partial charge is 0.264 e. The highest BCUT2D eigenvalue weighted by Gasteiger charge is 2.16. The van der Waals surface area contributed by atoms with E-state index in [-0.39, 0.29) is 16.8 Å². The Hall–Kier alpha value is -2.68. The first-order chi connectivity index (χ1) is 15.1. The van der Waals surface area contributed by atoms with Crippen LogP contribution in [0.2, 0.25) is 10.0 Å². The van der Waals surface area contributed by atoms with Crippen LogP contribution in [0.5, 0.6) is 0 Å². The van der Waals surface area contributed by atoms with Crippen LogP contribution in [0.25, 0.3) is 0 Å². The largest absolute Gasteiger partial charge is 0.326 e. The van der Waals surface area contributed by atoms with Crippen molar-refractivity contribution in [3.63, 3.8) is 0 Å². The van der Waals surface area contributed by atoms with Gasteiger partial charge >= 0.3 is 0 Å². The molecule has 1 heterocycles. The molecule has 0 aliphatic rings. The summed E-state index contributed by atoms with van der Waals surface area (Å²) in [7, 11) is -3.85. The summed E-state index contributed by atoms with van der Waals surface area (Å²) in [5.41, 5.74) is 2.75. The number of nitrogens with zero attached hydrogens (tertiary/aromatic N) is 2. The Morgan fingerprint density at radius 2 is 1.62 bits per heavy atom. The highest BCUT2D eigenvalue weighted by atomic mass is 35.5. The van der Waals surface area contributed by atoms with Crippen LogP contribution >= 0.6 is 23.2 Å². The van der Waals surface area contributed by atoms with Gasteiger partial charge < -0.3 is 5.32 Å². The van der Waals surface area contributed by atoms with Crippen molar-refractivity contribution in [1.82, 2.24) is 9.97 Å². The van der Waals surface area contributed by atoms with Gasteiger partial charge in [0.05, 0.1) is 4.90 Å². The highest BCUT2D eigenvalue weighted by Crippen LogP contribution is 2.23. The number of nitrogens with one attached hydrogen (secondary N) is 2. The molecule has 0 saturated carbocycles. The quantitative estimate of drug-likeness (QED) is 0.451. The van der Waals surface area contributed by atoms with Crippen LogP contribution in [0.4, 0.5) is 11.6 Å². The molecule has 1 amide bonds. The van der Waals surface area contributed by atoms with Crippen LogP contribution in [0.1, 0.15) is 29.8 Å². The zero-order chi connectivity index (χ0) is 23.3. The molecule has 0 spiro atoms. The third-order valence-corrected chi connectivity index (χ3v) is 6.45. The van der Waals surface area contributed by atoms with Crippen LogP contribution in [-0.2, 0) is 21.2 Å². The predicted octanol–water partition coefficient (Wildman–Crippen LogP) is 5.16. The van der Waals surface area contributed by atoms with E-state index in [4.69, 9.17) is 23.2 Å². The highest BCUT2D eigenvalue weighted by molar-refractivity contribution is 7.92. The SMILES string of the molecule is Cc1cc(C)nc(NS(=O)(=O)c2ccc(NC(=O)CCCc3ccc(Cl)cc3Cl)cc2)n1. The summed E-state index contributed by atoms with van der Waals surface area (Å²) in [6, 6.07) is 12.9. The van der Waals surface area contributed by atoms with E-state index in [1.54, 1.807) is 32.0 Å². The first-order valence-corrected chi connectivity index (χ1v) is 12.1. The van der Waals surface area contributed by atoms with Gasteiger partial charge in [-0.15, -0.1) is 0 Å². The summed E-state index contributed by atoms with van der Waals surface area (Å²) in [5.74, 6) is -0.159. The van der Waals surface area contributed by atoms with Gasteiger partial charge in [-0.2, -0.15) is 0 Å². The van der Waals surface area contributed by atoms with E-state index in [1.165, 1.54) is 24.3 Å². The normalized spacial score (nSPS) is 11.2. The molecule has 7 nitrogen and oxygen atoms in total. The lowest BCUT2D eigenvalue weighted by atomic mass is 10.1. The minimum atomic E-state index is -3.85. The van der Waals surface area contributed by atoms with Crippen molar-refractivity contribution in [2.75, 3.05) is 10.0 Å². The van der Waals surface area contributed by atoms with Crippen molar-refractivity contribution in [1.29, 1.82) is 0 Å². The Bertz CT molecular complexity index is 1210. The van der Waals surface area contributed by atoms with E-state index in [1.807, 2.05) is 6.07 Å². The molecule has 0 fully saturated rings. The van der Waals surface area contributed by atoms with Gasteiger partial charge in [0.25, 0.3) is 10.0 Å². The zero-order valence-corrected chi connectivity index (χ0v) is 19.9. The number of sulfonamides is 1. The summed E-state index contributed by atoms with van der Waals surface area (Å²) in [6.07, 6.45) is 1.55. The van der Waals surface area contributed by atoms with Gasteiger partial charge in [-0.05, 0) is 74.7 Å². The standard InChI is InChI=1S/C22H22Cl2N4O3S/c1-14-12-15(2)26-22(25-14)28-32(30,31)19-10-8-18(9-11-19)27-21(29)5-3-4-16-6-7-17(23)13-20(16)24/h6-13H,3-5H2,1-2H3,(H,27,29)(H,25,26,28). The van der Waals surface area contributed by atoms with Gasteiger partial charge in [-0.25, -0.2) is 23.1 Å². The average molecular weight is 493 g/mol. The van der Waals surface area contributed by atoms with Crippen molar-refractivity contribution in [2.24, 2.45) is 0 Å². The van der Waals surface area contributed by atoms with Crippen molar-refractivity contribution in [3.05, 3.63) is 75.5 Å². The van der Waals surface area contributed by atoms with Gasteiger partial charge in [-0.1, -0.05) is 29.3 Å². The van der Waals surface area contributed by atoms with Crippen LogP contribution < -0.4 is 10.0 Å². The van der Waals surface area contributed by atoms with Gasteiger partial charge in [0.1, 0.15) is 0 Å². The van der Waals surface area contributed by atoms with Gasteiger partial charge in [0.15, 0.2) is 0 Å². The first kappa shape index (κ1) is 24.0. The minimum Gasteiger partial charge on any atom is -0.326 e. The molecule has 0 unspecified atom stereocenters. The molecular weight excluding hydrogens is 471 g/mol. The number of hydrogen-bond donors (Lipinski definition) is 2. The maximum Gasteiger partial charge on any atom is 0.264 e. The summed E-state index contributed by atoms with van der Waals surface area (Å²) >= 11 is 12.0. The Morgan fingerprint density at radius 3 is 2.25 bits per heavy atom. The Balaban J connectivity index is 1.55. The number of aromatic nitrogens is 2. The third kappa shape index (κ3) is 6.66. The lowest BCUT2D eigenvalue weighted by molar-refractivity contribution is -0.116. The molecule has 0 atom stereocenters. The molecule has 2 N–H and O–H groups in total. The van der Waals surface area contributed by atoms with E-state index in [2.05, 4.69) is 20.0 Å². The van der Waals surface area contributed by atoms with E-state index in [0.717, 1.165) is 5.56 Å². The van der Waals surface area contributed by atoms with E-state index >= 15 is 0 Å². The fourth-order valence-corrected chi connectivity index (χ4v) is 4.50. The number of anilines is 2. The monoisotopic (exact) mass is 492 g/mol. The summed E-state index contributed by atoms with van der Waals surface area (Å²) in [4.78, 5) is 20.4. The maximum atomic E-state index is 12.6.